The molecule has 2 rings (SSSR count). The third-order valence-electron chi connectivity index (χ3n) is 6.46. The predicted molar refractivity (Wildman–Crippen MR) is 147 cm³/mol. The van der Waals surface area contributed by atoms with Crippen LogP contribution in [0.1, 0.15) is 105 Å². The van der Waals surface area contributed by atoms with Gasteiger partial charge in [0, 0.05) is 24.2 Å². The van der Waals surface area contributed by atoms with E-state index in [9.17, 15) is 10.2 Å². The molecule has 0 spiro atoms. The second-order valence-corrected chi connectivity index (χ2v) is 13.7. The van der Waals surface area contributed by atoms with Crippen molar-refractivity contribution in [3.63, 3.8) is 0 Å². The normalized spacial score (nSPS) is 13.3. The first kappa shape index (κ1) is 28.0. The summed E-state index contributed by atoms with van der Waals surface area (Å²) in [5.41, 5.74) is 10.8. The van der Waals surface area contributed by atoms with Crippen LogP contribution in [0.4, 0.5) is 11.4 Å². The number of anilines is 2. The van der Waals surface area contributed by atoms with Gasteiger partial charge in [-0.2, -0.15) is 0 Å². The maximum Gasteiger partial charge on any atom is 0.142 e. The van der Waals surface area contributed by atoms with Crippen LogP contribution in [-0.2, 0) is 21.7 Å². The van der Waals surface area contributed by atoms with Gasteiger partial charge in [0.2, 0.25) is 0 Å². The lowest BCUT2D eigenvalue weighted by Gasteiger charge is -2.34. The lowest BCUT2D eigenvalue weighted by atomic mass is 9.79. The van der Waals surface area contributed by atoms with Crippen LogP contribution in [0.15, 0.2) is 24.3 Å². The maximum absolute atomic E-state index is 11.6. The van der Waals surface area contributed by atoms with E-state index in [2.05, 4.69) is 107 Å². The van der Waals surface area contributed by atoms with Gasteiger partial charge >= 0.3 is 0 Å². The number of hydrogen-bond acceptors (Lipinski definition) is 4. The van der Waals surface area contributed by atoms with E-state index in [4.69, 9.17) is 5.73 Å². The summed E-state index contributed by atoms with van der Waals surface area (Å²) in [6, 6.07) is 8.34. The van der Waals surface area contributed by atoms with E-state index in [1.54, 1.807) is 0 Å². The Hall–Kier alpha value is -2.20. The fraction of sp³-hybridized carbons (Fsp3) is 0.600. The summed E-state index contributed by atoms with van der Waals surface area (Å²) in [5.74, 6) is 0.485. The molecule has 0 radical (unpaired) electrons. The van der Waals surface area contributed by atoms with Crippen LogP contribution in [0, 0.1) is 0 Å². The summed E-state index contributed by atoms with van der Waals surface area (Å²) in [6.07, 6.45) is 0. The standard InChI is InChI=1S/C30H48N2O2/c1-27(2,3)19-15-21(29(7,8)9)25(33)23(17-19)32(14-13-31)24-18-20(28(4,5)6)16-22(26(24)34)30(10,11)12/h15-18,33-34H,13-14,31H2,1-12H3. The van der Waals surface area contributed by atoms with E-state index in [1.165, 1.54) is 0 Å². The number of rotatable bonds is 4. The fourth-order valence-corrected chi connectivity index (χ4v) is 4.16. The topological polar surface area (TPSA) is 69.7 Å². The Bertz CT molecular complexity index is 945. The summed E-state index contributed by atoms with van der Waals surface area (Å²) in [7, 11) is 0. The molecule has 0 aliphatic heterocycles. The largest absolute Gasteiger partial charge is 0.505 e. The SMILES string of the molecule is CC(C)(C)c1cc(N(CCN)c2cc(C(C)(C)C)cc(C(C)(C)C)c2O)c(O)c(C(C)(C)C)c1. The average Bonchev–Trinajstić information content (AvgIpc) is 2.63. The summed E-state index contributed by atoms with van der Waals surface area (Å²) in [4.78, 5) is 2.00. The summed E-state index contributed by atoms with van der Waals surface area (Å²) >= 11 is 0. The molecule has 0 aliphatic rings. The number of phenols is 2. The van der Waals surface area contributed by atoms with E-state index in [1.807, 2.05) is 4.90 Å². The molecule has 0 fully saturated rings. The van der Waals surface area contributed by atoms with Crippen LogP contribution >= 0.6 is 0 Å². The fourth-order valence-electron chi connectivity index (χ4n) is 4.16. The van der Waals surface area contributed by atoms with Gasteiger partial charge in [0.1, 0.15) is 11.5 Å². The lowest BCUT2D eigenvalue weighted by molar-refractivity contribution is 0.441. The second kappa shape index (κ2) is 9.11. The van der Waals surface area contributed by atoms with Crippen LogP contribution in [0.5, 0.6) is 11.5 Å². The Morgan fingerprint density at radius 3 is 1.15 bits per heavy atom. The molecular formula is C30H48N2O2. The van der Waals surface area contributed by atoms with Gasteiger partial charge in [0.15, 0.2) is 0 Å². The molecule has 190 valence electrons. The smallest absolute Gasteiger partial charge is 0.142 e. The van der Waals surface area contributed by atoms with Gasteiger partial charge in [-0.1, -0.05) is 95.2 Å². The van der Waals surface area contributed by atoms with Crippen LogP contribution in [0.3, 0.4) is 0 Å². The van der Waals surface area contributed by atoms with Gasteiger partial charge in [-0.05, 0) is 44.9 Å². The van der Waals surface area contributed by atoms with Crippen molar-refractivity contribution in [2.45, 2.75) is 105 Å². The van der Waals surface area contributed by atoms with Gasteiger partial charge in [0.25, 0.3) is 0 Å². The van der Waals surface area contributed by atoms with E-state index in [0.717, 1.165) is 22.3 Å². The molecule has 0 heterocycles. The minimum atomic E-state index is -0.250. The first-order chi connectivity index (χ1) is 15.2. The third-order valence-corrected chi connectivity index (χ3v) is 6.46. The van der Waals surface area contributed by atoms with Gasteiger partial charge in [0.05, 0.1) is 11.4 Å². The van der Waals surface area contributed by atoms with Gasteiger partial charge in [-0.25, -0.2) is 0 Å². The van der Waals surface area contributed by atoms with E-state index in [-0.39, 0.29) is 33.2 Å². The zero-order chi connectivity index (χ0) is 26.4. The molecule has 0 saturated carbocycles. The quantitative estimate of drug-likeness (QED) is 0.438. The zero-order valence-corrected chi connectivity index (χ0v) is 23.6. The Labute approximate surface area is 208 Å². The molecule has 4 N–H and O–H groups in total. The van der Waals surface area contributed by atoms with Crippen LogP contribution in [-0.4, -0.2) is 23.3 Å². The van der Waals surface area contributed by atoms with Gasteiger partial charge in [-0.15, -0.1) is 0 Å². The van der Waals surface area contributed by atoms with Crippen molar-refractivity contribution in [3.8, 4) is 11.5 Å². The summed E-state index contributed by atoms with van der Waals surface area (Å²) in [5, 5.41) is 23.1. The Morgan fingerprint density at radius 2 is 0.912 bits per heavy atom. The lowest BCUT2D eigenvalue weighted by Crippen LogP contribution is -2.28. The third kappa shape index (κ3) is 5.89. The molecule has 0 unspecified atom stereocenters. The van der Waals surface area contributed by atoms with Crippen molar-refractivity contribution < 1.29 is 10.2 Å². The Morgan fingerprint density at radius 1 is 0.588 bits per heavy atom. The molecule has 2 aromatic rings. The molecule has 4 heteroatoms. The minimum absolute atomic E-state index is 0.108. The van der Waals surface area contributed by atoms with E-state index >= 15 is 0 Å². The number of aromatic hydroxyl groups is 2. The van der Waals surface area contributed by atoms with Crippen molar-refractivity contribution in [3.05, 3.63) is 46.5 Å². The molecule has 4 nitrogen and oxygen atoms in total. The number of hydrogen-bond donors (Lipinski definition) is 3. The van der Waals surface area contributed by atoms with Crippen LogP contribution < -0.4 is 10.6 Å². The van der Waals surface area contributed by atoms with E-state index in [0.29, 0.717) is 24.5 Å². The van der Waals surface area contributed by atoms with Crippen molar-refractivity contribution >= 4 is 11.4 Å². The highest BCUT2D eigenvalue weighted by atomic mass is 16.3. The predicted octanol–water partition coefficient (Wildman–Crippen LogP) is 7.38. The van der Waals surface area contributed by atoms with Gasteiger partial charge < -0.3 is 20.8 Å². The second-order valence-electron chi connectivity index (χ2n) is 13.7. The van der Waals surface area contributed by atoms with Crippen molar-refractivity contribution in [1.29, 1.82) is 0 Å². The van der Waals surface area contributed by atoms with Crippen LogP contribution in [0.2, 0.25) is 0 Å². The molecule has 0 aromatic heterocycles. The number of phenolic OH excluding ortho intramolecular Hbond substituents is 2. The Kier molecular flexibility index (Phi) is 7.51. The molecule has 0 amide bonds. The van der Waals surface area contributed by atoms with Crippen molar-refractivity contribution in [2.75, 3.05) is 18.0 Å². The highest BCUT2D eigenvalue weighted by molar-refractivity contribution is 5.78. The van der Waals surface area contributed by atoms with E-state index < -0.39 is 0 Å². The molecule has 0 atom stereocenters. The zero-order valence-electron chi connectivity index (χ0n) is 23.6. The first-order valence-corrected chi connectivity index (χ1v) is 12.4. The monoisotopic (exact) mass is 468 g/mol. The molecular weight excluding hydrogens is 420 g/mol. The first-order valence-electron chi connectivity index (χ1n) is 12.4. The number of nitrogens with zero attached hydrogens (tertiary/aromatic N) is 1. The maximum atomic E-state index is 11.6. The average molecular weight is 469 g/mol. The molecule has 0 saturated heterocycles. The summed E-state index contributed by atoms with van der Waals surface area (Å²) in [6.45, 7) is 26.6. The summed E-state index contributed by atoms with van der Waals surface area (Å²) < 4.78 is 0. The molecule has 34 heavy (non-hydrogen) atoms. The van der Waals surface area contributed by atoms with Gasteiger partial charge in [-0.3, -0.25) is 0 Å². The molecule has 0 bridgehead atoms. The highest BCUT2D eigenvalue weighted by Crippen LogP contribution is 2.48. The molecule has 0 aliphatic carbocycles. The van der Waals surface area contributed by atoms with Crippen LogP contribution in [0.25, 0.3) is 0 Å². The number of benzene rings is 2. The minimum Gasteiger partial charge on any atom is -0.505 e. The Balaban J connectivity index is 3.00. The highest BCUT2D eigenvalue weighted by Gasteiger charge is 2.31. The van der Waals surface area contributed by atoms with Crippen molar-refractivity contribution in [2.24, 2.45) is 5.73 Å². The van der Waals surface area contributed by atoms with Crippen molar-refractivity contribution in [1.82, 2.24) is 0 Å². The molecule has 2 aromatic carbocycles. The number of nitrogens with two attached hydrogens (primary N) is 1.